The number of aliphatic hydroxyl groups is 1. The van der Waals surface area contributed by atoms with Crippen molar-refractivity contribution in [1.29, 1.82) is 0 Å². The van der Waals surface area contributed by atoms with Crippen LogP contribution >= 0.6 is 15.9 Å². The van der Waals surface area contributed by atoms with Gasteiger partial charge in [0, 0.05) is 10.9 Å². The van der Waals surface area contributed by atoms with E-state index in [0.717, 1.165) is 18.2 Å². The van der Waals surface area contributed by atoms with E-state index in [9.17, 15) is 53.4 Å². The van der Waals surface area contributed by atoms with Crippen LogP contribution in [0.5, 0.6) is 0 Å². The molecule has 13 heteroatoms. The number of hydrogen-bond acceptors (Lipinski definition) is 1. The molecule has 0 aliphatic heterocycles. The summed E-state index contributed by atoms with van der Waals surface area (Å²) in [5.74, 6) is -35.6. The van der Waals surface area contributed by atoms with Crippen molar-refractivity contribution in [1.82, 2.24) is 0 Å². The summed E-state index contributed by atoms with van der Waals surface area (Å²) in [7, 11) is 0. The molecule has 1 atom stereocenters. The van der Waals surface area contributed by atoms with Gasteiger partial charge in [0.25, 0.3) is 5.67 Å². The van der Waals surface area contributed by atoms with E-state index in [2.05, 4.69) is 15.9 Å². The van der Waals surface area contributed by atoms with Gasteiger partial charge in [-0.2, -0.15) is 43.9 Å². The normalized spacial score (nSPS) is 28.4. The molecule has 1 fully saturated rings. The maximum Gasteiger partial charge on any atom is 0.384 e. The Balaban J connectivity index is 2.72. The Labute approximate surface area is 158 Å². The minimum atomic E-state index is -7.27. The Morgan fingerprint density at radius 1 is 0.786 bits per heavy atom. The van der Waals surface area contributed by atoms with Crippen LogP contribution in [0.1, 0.15) is 18.9 Å². The molecule has 0 radical (unpaired) electrons. The third-order valence-electron chi connectivity index (χ3n) is 4.61. The van der Waals surface area contributed by atoms with Crippen molar-refractivity contribution in [2.24, 2.45) is 0 Å². The lowest BCUT2D eigenvalue weighted by atomic mass is 9.67. The van der Waals surface area contributed by atoms with Gasteiger partial charge in [0.2, 0.25) is 0 Å². The highest BCUT2D eigenvalue weighted by atomic mass is 79.9. The average Bonchev–Trinajstić information content (AvgIpc) is 2.52. The van der Waals surface area contributed by atoms with Crippen LogP contribution in [0.4, 0.5) is 48.3 Å². The SMILES string of the molecule is CC(O)(CC1(F)C(F)(F)C(F)(F)C(F)(F)C(F)(F)C1(F)F)c1cccc(Br)c1. The summed E-state index contributed by atoms with van der Waals surface area (Å²) in [5, 5.41) is 10.2. The smallest absolute Gasteiger partial charge is 0.384 e. The van der Waals surface area contributed by atoms with Crippen LogP contribution in [0.25, 0.3) is 0 Å². The zero-order valence-electron chi connectivity index (χ0n) is 13.5. The van der Waals surface area contributed by atoms with Crippen LogP contribution < -0.4 is 0 Å². The first-order valence-corrected chi connectivity index (χ1v) is 8.06. The summed E-state index contributed by atoms with van der Waals surface area (Å²) in [6, 6.07) is 4.15. The standard InChI is InChI=1S/C15H10BrF11O/c1-9(28,7-3-2-4-8(16)5-7)6-10(17)11(18,19)13(22,23)15(26,27)14(24,25)12(10,20)21/h2-5,28H,6H2,1H3. The Bertz CT molecular complexity index is 745. The monoisotopic (exact) mass is 494 g/mol. The lowest BCUT2D eigenvalue weighted by Gasteiger charge is -2.53. The predicted molar refractivity (Wildman–Crippen MR) is 76.9 cm³/mol. The third-order valence-corrected chi connectivity index (χ3v) is 5.10. The van der Waals surface area contributed by atoms with Gasteiger partial charge in [0.05, 0.1) is 5.60 Å². The zero-order chi connectivity index (χ0) is 22.2. The molecule has 0 aromatic heterocycles. The van der Waals surface area contributed by atoms with Crippen LogP contribution in [-0.2, 0) is 5.60 Å². The minimum absolute atomic E-state index is 0.0996. The van der Waals surface area contributed by atoms with E-state index in [1.54, 1.807) is 0 Å². The molecule has 0 amide bonds. The highest BCUT2D eigenvalue weighted by molar-refractivity contribution is 9.10. The summed E-state index contributed by atoms with van der Waals surface area (Å²) in [6.45, 7) is 0.408. The van der Waals surface area contributed by atoms with E-state index in [4.69, 9.17) is 0 Å². The molecule has 0 heterocycles. The van der Waals surface area contributed by atoms with Crippen molar-refractivity contribution in [3.8, 4) is 0 Å². The zero-order valence-corrected chi connectivity index (χ0v) is 15.1. The number of alkyl halides is 11. The third kappa shape index (κ3) is 2.53. The van der Waals surface area contributed by atoms with E-state index in [1.165, 1.54) is 6.07 Å². The molecule has 0 saturated heterocycles. The maximum absolute atomic E-state index is 14.8. The van der Waals surface area contributed by atoms with E-state index < -0.39 is 52.9 Å². The first kappa shape index (κ1) is 23.2. The highest BCUT2D eigenvalue weighted by Gasteiger charge is 3.01. The Hall–Kier alpha value is -1.11. The molecule has 1 aliphatic carbocycles. The van der Waals surface area contributed by atoms with Crippen molar-refractivity contribution in [2.45, 2.75) is 54.2 Å². The lowest BCUT2D eigenvalue weighted by molar-refractivity contribution is -0.488. The fraction of sp³-hybridized carbons (Fsp3) is 0.600. The second-order valence-corrected chi connectivity index (χ2v) is 7.55. The molecule has 1 N–H and O–H groups in total. The van der Waals surface area contributed by atoms with Gasteiger partial charge >= 0.3 is 29.6 Å². The molecule has 1 nitrogen and oxygen atoms in total. The van der Waals surface area contributed by atoms with Crippen LogP contribution in [0.15, 0.2) is 28.7 Å². The summed E-state index contributed by atoms with van der Waals surface area (Å²) in [5.41, 5.74) is -9.99. The molecule has 2 rings (SSSR count). The van der Waals surface area contributed by atoms with E-state index in [0.29, 0.717) is 6.92 Å². The van der Waals surface area contributed by atoms with Crippen molar-refractivity contribution in [2.75, 3.05) is 0 Å². The number of rotatable bonds is 3. The summed E-state index contributed by atoms with van der Waals surface area (Å²) >= 11 is 2.85. The molecule has 28 heavy (non-hydrogen) atoms. The number of benzene rings is 1. The van der Waals surface area contributed by atoms with Crippen molar-refractivity contribution in [3.05, 3.63) is 34.3 Å². The molecule has 0 spiro atoms. The molecule has 1 saturated carbocycles. The number of halogens is 12. The van der Waals surface area contributed by atoms with E-state index in [1.807, 2.05) is 0 Å². The molecule has 160 valence electrons. The van der Waals surface area contributed by atoms with Crippen LogP contribution in [0, 0.1) is 0 Å². The molecule has 1 aromatic rings. The molecule has 1 aliphatic rings. The van der Waals surface area contributed by atoms with Crippen molar-refractivity contribution in [3.63, 3.8) is 0 Å². The second kappa shape index (κ2) is 5.96. The largest absolute Gasteiger partial charge is 0.385 e. The van der Waals surface area contributed by atoms with Crippen molar-refractivity contribution >= 4 is 15.9 Å². The topological polar surface area (TPSA) is 20.2 Å². The fourth-order valence-corrected chi connectivity index (χ4v) is 3.31. The molecule has 1 unspecified atom stereocenters. The van der Waals surface area contributed by atoms with Gasteiger partial charge in [-0.15, -0.1) is 0 Å². The Morgan fingerprint density at radius 2 is 1.18 bits per heavy atom. The first-order valence-electron chi connectivity index (χ1n) is 7.27. The van der Waals surface area contributed by atoms with E-state index in [-0.39, 0.29) is 4.47 Å². The minimum Gasteiger partial charge on any atom is -0.385 e. The highest BCUT2D eigenvalue weighted by Crippen LogP contribution is 2.71. The Morgan fingerprint density at radius 3 is 1.57 bits per heavy atom. The molecular formula is C15H10BrF11O. The summed E-state index contributed by atoms with van der Waals surface area (Å²) < 4.78 is 151. The molecule has 1 aromatic carbocycles. The Kier molecular flexibility index (Phi) is 4.93. The van der Waals surface area contributed by atoms with Gasteiger partial charge in [-0.25, -0.2) is 4.39 Å². The lowest BCUT2D eigenvalue weighted by Crippen LogP contribution is -2.84. The van der Waals surface area contributed by atoms with Gasteiger partial charge in [-0.05, 0) is 24.6 Å². The van der Waals surface area contributed by atoms with Crippen LogP contribution in [-0.4, -0.2) is 40.4 Å². The van der Waals surface area contributed by atoms with Crippen molar-refractivity contribution < 1.29 is 53.4 Å². The van der Waals surface area contributed by atoms with Gasteiger partial charge in [0.15, 0.2) is 0 Å². The first-order chi connectivity index (χ1) is 12.2. The van der Waals surface area contributed by atoms with Gasteiger partial charge in [0.1, 0.15) is 0 Å². The van der Waals surface area contributed by atoms with E-state index >= 15 is 0 Å². The fourth-order valence-electron chi connectivity index (χ4n) is 2.91. The van der Waals surface area contributed by atoms with Crippen LogP contribution in [0.3, 0.4) is 0 Å². The van der Waals surface area contributed by atoms with Crippen LogP contribution in [0.2, 0.25) is 0 Å². The number of hydrogen-bond donors (Lipinski definition) is 1. The average molecular weight is 495 g/mol. The van der Waals surface area contributed by atoms with Gasteiger partial charge in [-0.3, -0.25) is 0 Å². The molecular weight excluding hydrogens is 485 g/mol. The van der Waals surface area contributed by atoms with Gasteiger partial charge < -0.3 is 5.11 Å². The summed E-state index contributed by atoms with van der Waals surface area (Å²) in [6.07, 6.45) is -2.74. The second-order valence-electron chi connectivity index (χ2n) is 6.63. The van der Waals surface area contributed by atoms with Gasteiger partial charge in [-0.1, -0.05) is 28.1 Å². The molecule has 0 bridgehead atoms. The summed E-state index contributed by atoms with van der Waals surface area (Å²) in [4.78, 5) is 0. The predicted octanol–water partition coefficient (Wildman–Crippen LogP) is 5.95. The maximum atomic E-state index is 14.8. The quantitative estimate of drug-likeness (QED) is 0.515.